The van der Waals surface area contributed by atoms with Crippen LogP contribution in [0.5, 0.6) is 0 Å². The molecule has 0 spiro atoms. The molecule has 1 heterocycles. The number of carbonyl (C=O) groups is 1. The molecule has 0 aliphatic rings. The van der Waals surface area contributed by atoms with E-state index in [1.165, 1.54) is 0 Å². The second-order valence-corrected chi connectivity index (χ2v) is 7.99. The molecule has 0 atom stereocenters. The summed E-state index contributed by atoms with van der Waals surface area (Å²) in [5.41, 5.74) is 1.64. The lowest BCUT2D eigenvalue weighted by atomic mass is 10.1. The Kier molecular flexibility index (Phi) is 8.20. The van der Waals surface area contributed by atoms with Crippen molar-refractivity contribution in [1.29, 1.82) is 0 Å². The third-order valence-electron chi connectivity index (χ3n) is 4.03. The van der Waals surface area contributed by atoms with Crippen LogP contribution in [0.3, 0.4) is 0 Å². The van der Waals surface area contributed by atoms with Crippen LogP contribution < -0.4 is 10.6 Å². The van der Waals surface area contributed by atoms with Crippen molar-refractivity contribution in [3.8, 4) is 0 Å². The summed E-state index contributed by atoms with van der Waals surface area (Å²) in [6.45, 7) is 9.11. The normalized spacial score (nSPS) is 11.9. The lowest BCUT2D eigenvalue weighted by molar-refractivity contribution is 0.0285. The van der Waals surface area contributed by atoms with Gasteiger partial charge in [-0.3, -0.25) is 4.99 Å². The quantitative estimate of drug-likeness (QED) is 0.528. The number of guanidine groups is 1. The van der Waals surface area contributed by atoms with Gasteiger partial charge in [0, 0.05) is 40.2 Å². The summed E-state index contributed by atoms with van der Waals surface area (Å²) < 4.78 is 10.5. The minimum atomic E-state index is -0.502. The number of aryl methyl sites for hydroxylation is 1. The maximum atomic E-state index is 12.1. The zero-order valence-corrected chi connectivity index (χ0v) is 18.7. The van der Waals surface area contributed by atoms with Gasteiger partial charge in [0.1, 0.15) is 5.60 Å². The van der Waals surface area contributed by atoms with Crippen LogP contribution in [0.4, 0.5) is 4.79 Å². The third-order valence-corrected chi connectivity index (χ3v) is 4.03. The number of carbonyl (C=O) groups excluding carboxylic acids is 1. The van der Waals surface area contributed by atoms with Gasteiger partial charge in [0.15, 0.2) is 11.8 Å². The van der Waals surface area contributed by atoms with Gasteiger partial charge in [-0.25, -0.2) is 4.79 Å². The monoisotopic (exact) mass is 416 g/mol. The summed E-state index contributed by atoms with van der Waals surface area (Å²) >= 11 is 0. The maximum absolute atomic E-state index is 12.1. The van der Waals surface area contributed by atoms with Crippen molar-refractivity contribution in [3.05, 3.63) is 47.1 Å². The second-order valence-electron chi connectivity index (χ2n) is 7.99. The van der Waals surface area contributed by atoms with Gasteiger partial charge in [-0.15, -0.1) is 0 Å². The van der Waals surface area contributed by atoms with Gasteiger partial charge in [0.25, 0.3) is 0 Å². The number of rotatable bonds is 7. The van der Waals surface area contributed by atoms with Crippen LogP contribution in [0.2, 0.25) is 0 Å². The molecule has 0 fully saturated rings. The molecule has 9 nitrogen and oxygen atoms in total. The molecule has 30 heavy (non-hydrogen) atoms. The Hall–Kier alpha value is -3.10. The zero-order chi connectivity index (χ0) is 22.1. The number of benzene rings is 1. The van der Waals surface area contributed by atoms with Crippen LogP contribution in [-0.2, 0) is 24.2 Å². The van der Waals surface area contributed by atoms with Gasteiger partial charge in [0.2, 0.25) is 5.89 Å². The van der Waals surface area contributed by atoms with E-state index in [-0.39, 0.29) is 6.09 Å². The van der Waals surface area contributed by atoms with E-state index in [0.29, 0.717) is 43.7 Å². The summed E-state index contributed by atoms with van der Waals surface area (Å²) in [5, 5.41) is 10.3. The van der Waals surface area contributed by atoms with Gasteiger partial charge >= 0.3 is 6.09 Å². The van der Waals surface area contributed by atoms with E-state index in [4.69, 9.17) is 9.26 Å². The van der Waals surface area contributed by atoms with Crippen molar-refractivity contribution in [2.45, 2.75) is 52.8 Å². The van der Waals surface area contributed by atoms with Crippen LogP contribution in [0.25, 0.3) is 0 Å². The predicted octanol–water partition coefficient (Wildman–Crippen LogP) is 2.65. The Morgan fingerprint density at radius 1 is 1.20 bits per heavy atom. The van der Waals surface area contributed by atoms with E-state index >= 15 is 0 Å². The molecule has 0 aliphatic carbocycles. The van der Waals surface area contributed by atoms with Gasteiger partial charge in [-0.1, -0.05) is 29.4 Å². The molecule has 1 amide bonds. The molecule has 164 valence electrons. The highest BCUT2D eigenvalue weighted by molar-refractivity contribution is 5.79. The average Bonchev–Trinajstić information content (AvgIpc) is 3.09. The van der Waals surface area contributed by atoms with Crippen LogP contribution >= 0.6 is 0 Å². The van der Waals surface area contributed by atoms with Crippen molar-refractivity contribution < 1.29 is 14.1 Å². The molecular weight excluding hydrogens is 384 g/mol. The molecule has 2 rings (SSSR count). The second kappa shape index (κ2) is 10.6. The van der Waals surface area contributed by atoms with E-state index in [2.05, 4.69) is 25.8 Å². The summed E-state index contributed by atoms with van der Waals surface area (Å²) in [5.74, 6) is 1.93. The van der Waals surface area contributed by atoms with Gasteiger partial charge in [-0.05, 0) is 38.8 Å². The predicted molar refractivity (Wildman–Crippen MR) is 115 cm³/mol. The van der Waals surface area contributed by atoms with Crippen molar-refractivity contribution >= 4 is 12.1 Å². The molecule has 0 radical (unpaired) electrons. The first-order chi connectivity index (χ1) is 14.2. The van der Waals surface area contributed by atoms with E-state index in [1.54, 1.807) is 25.9 Å². The minimum Gasteiger partial charge on any atom is -0.444 e. The summed E-state index contributed by atoms with van der Waals surface area (Å²) in [6, 6.07) is 8.07. The largest absolute Gasteiger partial charge is 0.444 e. The van der Waals surface area contributed by atoms with Crippen molar-refractivity contribution in [2.24, 2.45) is 4.99 Å². The summed E-state index contributed by atoms with van der Waals surface area (Å²) in [7, 11) is 3.45. The molecule has 0 saturated heterocycles. The number of ether oxygens (including phenoxy) is 1. The lowest BCUT2D eigenvalue weighted by Gasteiger charge is -2.24. The molecule has 1 aromatic heterocycles. The molecule has 0 aliphatic heterocycles. The first-order valence-corrected chi connectivity index (χ1v) is 9.92. The van der Waals surface area contributed by atoms with Crippen molar-refractivity contribution in [3.63, 3.8) is 0 Å². The maximum Gasteiger partial charge on any atom is 0.410 e. The molecular formula is C21H32N6O3. The van der Waals surface area contributed by atoms with Crippen LogP contribution in [0.15, 0.2) is 33.8 Å². The van der Waals surface area contributed by atoms with Crippen LogP contribution in [-0.4, -0.2) is 53.3 Å². The molecule has 1 aromatic carbocycles. The molecule has 2 N–H and O–H groups in total. The Morgan fingerprint density at radius 3 is 2.43 bits per heavy atom. The summed E-state index contributed by atoms with van der Waals surface area (Å²) in [6.07, 6.45) is 0.292. The number of amides is 1. The number of nitrogens with zero attached hydrogens (tertiary/aromatic N) is 4. The number of hydrogen-bond donors (Lipinski definition) is 2. The highest BCUT2D eigenvalue weighted by Gasteiger charge is 2.19. The molecule has 0 saturated carbocycles. The first kappa shape index (κ1) is 23.2. The zero-order valence-electron chi connectivity index (χ0n) is 18.7. The summed E-state index contributed by atoms with van der Waals surface area (Å²) in [4.78, 5) is 22.0. The third kappa shape index (κ3) is 8.10. The lowest BCUT2D eigenvalue weighted by Crippen LogP contribution is -2.37. The smallest absolute Gasteiger partial charge is 0.410 e. The van der Waals surface area contributed by atoms with E-state index < -0.39 is 5.60 Å². The number of aliphatic imine (C=N–C) groups is 1. The molecule has 2 aromatic rings. The fourth-order valence-corrected chi connectivity index (χ4v) is 2.58. The molecule has 0 bridgehead atoms. The minimum absolute atomic E-state index is 0.334. The van der Waals surface area contributed by atoms with Crippen LogP contribution in [0.1, 0.15) is 43.6 Å². The Morgan fingerprint density at radius 2 is 1.87 bits per heavy atom. The topological polar surface area (TPSA) is 105 Å². The van der Waals surface area contributed by atoms with Crippen molar-refractivity contribution in [2.75, 3.05) is 20.6 Å². The molecule has 0 unspecified atom stereocenters. The van der Waals surface area contributed by atoms with Gasteiger partial charge < -0.3 is 24.8 Å². The van der Waals surface area contributed by atoms with E-state index in [9.17, 15) is 4.79 Å². The molecule has 9 heteroatoms. The number of aromatic nitrogens is 2. The Balaban J connectivity index is 1.76. The van der Waals surface area contributed by atoms with Crippen LogP contribution in [0, 0.1) is 6.92 Å². The van der Waals surface area contributed by atoms with E-state index in [0.717, 1.165) is 11.1 Å². The standard InChI is InChI=1S/C21H32N6O3/c1-15-25-18(30-26-15)11-12-23-19(22-5)24-13-16-7-9-17(10-8-16)14-27(6)20(28)29-21(2,3)4/h7-10H,11-14H2,1-6H3,(H2,22,23,24). The fraction of sp³-hybridized carbons (Fsp3) is 0.524. The van der Waals surface area contributed by atoms with Gasteiger partial charge in [-0.2, -0.15) is 4.98 Å². The van der Waals surface area contributed by atoms with E-state index in [1.807, 2.05) is 45.0 Å². The number of nitrogens with one attached hydrogen (secondary N) is 2. The highest BCUT2D eigenvalue weighted by atomic mass is 16.6. The average molecular weight is 417 g/mol. The SMILES string of the molecule is CN=C(NCCc1nc(C)no1)NCc1ccc(CN(C)C(=O)OC(C)(C)C)cc1. The number of hydrogen-bond acceptors (Lipinski definition) is 6. The van der Waals surface area contributed by atoms with Crippen molar-refractivity contribution in [1.82, 2.24) is 25.7 Å². The first-order valence-electron chi connectivity index (χ1n) is 9.92. The highest BCUT2D eigenvalue weighted by Crippen LogP contribution is 2.12. The van der Waals surface area contributed by atoms with Gasteiger partial charge in [0.05, 0.1) is 0 Å². The Labute approximate surface area is 177 Å². The Bertz CT molecular complexity index is 839. The fourth-order valence-electron chi connectivity index (χ4n) is 2.58.